The Balaban J connectivity index is 2.38. The summed E-state index contributed by atoms with van der Waals surface area (Å²) in [5.74, 6) is 1.63. The first-order valence-electron chi connectivity index (χ1n) is 7.44. The topological polar surface area (TPSA) is 64.1 Å². The maximum absolute atomic E-state index is 5.69. The lowest BCUT2D eigenvalue weighted by atomic mass is 10.2. The van der Waals surface area contributed by atoms with E-state index in [1.807, 2.05) is 18.2 Å². The zero-order valence-electron chi connectivity index (χ0n) is 13.7. The van der Waals surface area contributed by atoms with E-state index in [1.165, 1.54) is 0 Å². The van der Waals surface area contributed by atoms with Crippen molar-refractivity contribution in [3.05, 3.63) is 29.8 Å². The highest BCUT2D eigenvalue weighted by Crippen LogP contribution is 2.13. The number of rotatable bonds is 10. The molecule has 0 saturated heterocycles. The molecule has 0 atom stereocenters. The van der Waals surface area contributed by atoms with E-state index in [9.17, 15) is 0 Å². The number of aliphatic imine (C=N–C) groups is 1. The summed E-state index contributed by atoms with van der Waals surface area (Å²) in [7, 11) is 5.12. The number of benzene rings is 1. The third-order valence-electron chi connectivity index (χ3n) is 2.94. The number of methoxy groups -OCH3 is 2. The van der Waals surface area contributed by atoms with E-state index in [-0.39, 0.29) is 0 Å². The molecule has 1 aromatic rings. The molecule has 2 N–H and O–H groups in total. The Hall–Kier alpha value is -1.79. The van der Waals surface area contributed by atoms with Gasteiger partial charge in [-0.25, -0.2) is 0 Å². The van der Waals surface area contributed by atoms with Crippen LogP contribution in [-0.4, -0.2) is 53.6 Å². The highest BCUT2D eigenvalue weighted by atomic mass is 16.5. The molecular weight excluding hydrogens is 282 g/mol. The van der Waals surface area contributed by atoms with E-state index in [2.05, 4.69) is 21.7 Å². The summed E-state index contributed by atoms with van der Waals surface area (Å²) >= 11 is 0. The molecule has 0 fully saturated rings. The van der Waals surface area contributed by atoms with Gasteiger partial charge in [-0.2, -0.15) is 0 Å². The molecule has 0 saturated carbocycles. The maximum Gasteiger partial charge on any atom is 0.191 e. The standard InChI is InChI=1S/C16H27N3O3/c1-17-16(18-8-11-21-3)19-13-14-6-4-7-15(12-14)22-10-5-9-20-2/h4,6-7,12H,5,8-11,13H2,1-3H3,(H2,17,18,19). The van der Waals surface area contributed by atoms with Crippen LogP contribution in [0.15, 0.2) is 29.3 Å². The summed E-state index contributed by atoms with van der Waals surface area (Å²) < 4.78 is 15.7. The molecule has 0 aliphatic rings. The van der Waals surface area contributed by atoms with Crippen LogP contribution in [0.3, 0.4) is 0 Å². The van der Waals surface area contributed by atoms with Gasteiger partial charge in [0, 0.05) is 47.4 Å². The van der Waals surface area contributed by atoms with Crippen LogP contribution >= 0.6 is 0 Å². The lowest BCUT2D eigenvalue weighted by Gasteiger charge is -2.12. The Kier molecular flexibility index (Phi) is 9.81. The lowest BCUT2D eigenvalue weighted by molar-refractivity contribution is 0.172. The first kappa shape index (κ1) is 18.3. The second kappa shape index (κ2) is 11.8. The largest absolute Gasteiger partial charge is 0.493 e. The third-order valence-corrected chi connectivity index (χ3v) is 2.94. The van der Waals surface area contributed by atoms with Gasteiger partial charge in [0.05, 0.1) is 13.2 Å². The van der Waals surface area contributed by atoms with Crippen molar-refractivity contribution in [2.75, 3.05) is 47.6 Å². The van der Waals surface area contributed by atoms with Crippen LogP contribution in [0.5, 0.6) is 5.75 Å². The zero-order valence-corrected chi connectivity index (χ0v) is 13.7. The van der Waals surface area contributed by atoms with Gasteiger partial charge in [-0.05, 0) is 17.7 Å². The first-order chi connectivity index (χ1) is 10.8. The average Bonchev–Trinajstić information content (AvgIpc) is 2.55. The predicted octanol–water partition coefficient (Wildman–Crippen LogP) is 1.41. The van der Waals surface area contributed by atoms with Crippen molar-refractivity contribution < 1.29 is 14.2 Å². The van der Waals surface area contributed by atoms with Crippen molar-refractivity contribution in [2.45, 2.75) is 13.0 Å². The molecular formula is C16H27N3O3. The highest BCUT2D eigenvalue weighted by molar-refractivity contribution is 5.79. The summed E-state index contributed by atoms with van der Waals surface area (Å²) in [6, 6.07) is 8.03. The summed E-state index contributed by atoms with van der Waals surface area (Å²) in [5, 5.41) is 6.43. The molecule has 1 rings (SSSR count). The van der Waals surface area contributed by atoms with Crippen molar-refractivity contribution in [2.24, 2.45) is 4.99 Å². The number of nitrogens with one attached hydrogen (secondary N) is 2. The SMILES string of the molecule is CN=C(NCCOC)NCc1cccc(OCCCOC)c1. The number of nitrogens with zero attached hydrogens (tertiary/aromatic N) is 1. The molecule has 0 amide bonds. The molecule has 0 aliphatic heterocycles. The molecule has 1 aromatic carbocycles. The molecule has 0 heterocycles. The highest BCUT2D eigenvalue weighted by Gasteiger charge is 2.00. The molecule has 0 unspecified atom stereocenters. The van der Waals surface area contributed by atoms with Crippen molar-refractivity contribution in [1.29, 1.82) is 0 Å². The molecule has 0 radical (unpaired) electrons. The van der Waals surface area contributed by atoms with E-state index in [0.717, 1.165) is 30.2 Å². The van der Waals surface area contributed by atoms with Gasteiger partial charge in [0.25, 0.3) is 0 Å². The number of guanidine groups is 1. The number of ether oxygens (including phenoxy) is 3. The van der Waals surface area contributed by atoms with E-state index < -0.39 is 0 Å². The van der Waals surface area contributed by atoms with Gasteiger partial charge >= 0.3 is 0 Å². The van der Waals surface area contributed by atoms with Gasteiger partial charge in [-0.3, -0.25) is 4.99 Å². The lowest BCUT2D eigenvalue weighted by Crippen LogP contribution is -2.38. The molecule has 0 spiro atoms. The minimum absolute atomic E-state index is 0.644. The molecule has 6 heteroatoms. The Labute approximate surface area is 132 Å². The van der Waals surface area contributed by atoms with Crippen molar-refractivity contribution in [3.8, 4) is 5.75 Å². The third kappa shape index (κ3) is 7.85. The molecule has 6 nitrogen and oxygen atoms in total. The monoisotopic (exact) mass is 309 g/mol. The Morgan fingerprint density at radius 2 is 1.91 bits per heavy atom. The van der Waals surface area contributed by atoms with Gasteiger partial charge < -0.3 is 24.8 Å². The predicted molar refractivity (Wildman–Crippen MR) is 88.5 cm³/mol. The first-order valence-corrected chi connectivity index (χ1v) is 7.44. The van der Waals surface area contributed by atoms with Crippen LogP contribution in [0, 0.1) is 0 Å². The fourth-order valence-electron chi connectivity index (χ4n) is 1.82. The molecule has 0 aromatic heterocycles. The number of hydrogen-bond acceptors (Lipinski definition) is 4. The fraction of sp³-hybridized carbons (Fsp3) is 0.562. The van der Waals surface area contributed by atoms with Gasteiger partial charge in [0.1, 0.15) is 5.75 Å². The van der Waals surface area contributed by atoms with Crippen LogP contribution < -0.4 is 15.4 Å². The summed E-state index contributed by atoms with van der Waals surface area (Å²) in [6.07, 6.45) is 0.884. The van der Waals surface area contributed by atoms with Gasteiger partial charge in [-0.1, -0.05) is 12.1 Å². The minimum atomic E-state index is 0.644. The van der Waals surface area contributed by atoms with Crippen LogP contribution in [-0.2, 0) is 16.0 Å². The summed E-state index contributed by atoms with van der Waals surface area (Å²) in [5.41, 5.74) is 1.14. The summed E-state index contributed by atoms with van der Waals surface area (Å²) in [6.45, 7) is 3.42. The van der Waals surface area contributed by atoms with E-state index in [4.69, 9.17) is 14.2 Å². The fourth-order valence-corrected chi connectivity index (χ4v) is 1.82. The Bertz CT molecular complexity index is 438. The Morgan fingerprint density at radius 3 is 2.64 bits per heavy atom. The van der Waals surface area contributed by atoms with Gasteiger partial charge in [0.15, 0.2) is 5.96 Å². The molecule has 0 aliphatic carbocycles. The van der Waals surface area contributed by atoms with E-state index >= 15 is 0 Å². The van der Waals surface area contributed by atoms with Crippen LogP contribution in [0.1, 0.15) is 12.0 Å². The van der Waals surface area contributed by atoms with Crippen molar-refractivity contribution >= 4 is 5.96 Å². The second-order valence-electron chi connectivity index (χ2n) is 4.69. The molecule has 0 bridgehead atoms. The van der Waals surface area contributed by atoms with Gasteiger partial charge in [-0.15, -0.1) is 0 Å². The van der Waals surface area contributed by atoms with Crippen molar-refractivity contribution in [1.82, 2.24) is 10.6 Å². The average molecular weight is 309 g/mol. The minimum Gasteiger partial charge on any atom is -0.493 e. The van der Waals surface area contributed by atoms with Crippen LogP contribution in [0.2, 0.25) is 0 Å². The van der Waals surface area contributed by atoms with Crippen LogP contribution in [0.4, 0.5) is 0 Å². The Morgan fingerprint density at radius 1 is 1.09 bits per heavy atom. The molecule has 22 heavy (non-hydrogen) atoms. The van der Waals surface area contributed by atoms with Gasteiger partial charge in [0.2, 0.25) is 0 Å². The normalized spacial score (nSPS) is 11.3. The smallest absolute Gasteiger partial charge is 0.191 e. The number of hydrogen-bond donors (Lipinski definition) is 2. The van der Waals surface area contributed by atoms with Crippen molar-refractivity contribution in [3.63, 3.8) is 0 Å². The second-order valence-corrected chi connectivity index (χ2v) is 4.69. The zero-order chi connectivity index (χ0) is 16.0. The van der Waals surface area contributed by atoms with E-state index in [0.29, 0.717) is 26.4 Å². The van der Waals surface area contributed by atoms with E-state index in [1.54, 1.807) is 21.3 Å². The van der Waals surface area contributed by atoms with Crippen LogP contribution in [0.25, 0.3) is 0 Å². The molecule has 124 valence electrons. The maximum atomic E-state index is 5.69. The summed E-state index contributed by atoms with van der Waals surface area (Å²) in [4.78, 5) is 4.16. The quantitative estimate of drug-likeness (QED) is 0.389.